The topological polar surface area (TPSA) is 68.0 Å². The molecule has 0 bridgehead atoms. The fourth-order valence-corrected chi connectivity index (χ4v) is 1.65. The summed E-state index contributed by atoms with van der Waals surface area (Å²) in [5, 5.41) is 2.44. The second-order valence-corrected chi connectivity index (χ2v) is 4.47. The van der Waals surface area contributed by atoms with Crippen molar-refractivity contribution in [2.45, 2.75) is 0 Å². The molecular weight excluding hydrogens is 301 g/mol. The van der Waals surface area contributed by atoms with E-state index in [1.807, 2.05) is 0 Å². The summed E-state index contributed by atoms with van der Waals surface area (Å²) in [6.45, 7) is 0. The summed E-state index contributed by atoms with van der Waals surface area (Å²) in [4.78, 5) is 15.6. The standard InChI is InChI=1S/C12H9BrFN3O/c13-7-1-3-10(9(14)5-7)17-12(18)11-4-2-8(15)6-16-11/h1-6H,15H2,(H,17,18). The molecule has 1 aromatic carbocycles. The minimum absolute atomic E-state index is 0.0989. The zero-order valence-electron chi connectivity index (χ0n) is 9.15. The van der Waals surface area contributed by atoms with Gasteiger partial charge in [0.2, 0.25) is 0 Å². The van der Waals surface area contributed by atoms with E-state index in [-0.39, 0.29) is 11.4 Å². The van der Waals surface area contributed by atoms with Gasteiger partial charge in [-0.2, -0.15) is 0 Å². The number of pyridine rings is 1. The lowest BCUT2D eigenvalue weighted by Gasteiger charge is -2.06. The van der Waals surface area contributed by atoms with E-state index in [0.717, 1.165) is 0 Å². The van der Waals surface area contributed by atoms with Gasteiger partial charge in [-0.1, -0.05) is 15.9 Å². The lowest BCUT2D eigenvalue weighted by molar-refractivity contribution is 0.102. The monoisotopic (exact) mass is 309 g/mol. The molecule has 1 aromatic heterocycles. The molecule has 3 N–H and O–H groups in total. The number of nitrogens with two attached hydrogens (primary N) is 1. The zero-order chi connectivity index (χ0) is 13.1. The smallest absolute Gasteiger partial charge is 0.274 e. The highest BCUT2D eigenvalue weighted by molar-refractivity contribution is 9.10. The van der Waals surface area contributed by atoms with Crippen molar-refractivity contribution in [3.63, 3.8) is 0 Å². The summed E-state index contributed by atoms with van der Waals surface area (Å²) in [6.07, 6.45) is 1.37. The molecule has 0 aliphatic heterocycles. The van der Waals surface area contributed by atoms with Crippen LogP contribution >= 0.6 is 15.9 Å². The van der Waals surface area contributed by atoms with Gasteiger partial charge in [-0.25, -0.2) is 9.37 Å². The van der Waals surface area contributed by atoms with Gasteiger partial charge in [0.15, 0.2) is 0 Å². The number of aromatic nitrogens is 1. The van der Waals surface area contributed by atoms with Crippen LogP contribution in [0.25, 0.3) is 0 Å². The van der Waals surface area contributed by atoms with Crippen molar-refractivity contribution in [3.8, 4) is 0 Å². The molecule has 18 heavy (non-hydrogen) atoms. The number of hydrogen-bond donors (Lipinski definition) is 2. The molecule has 0 aliphatic rings. The van der Waals surface area contributed by atoms with Gasteiger partial charge in [0.1, 0.15) is 11.5 Å². The number of carbonyl (C=O) groups is 1. The first-order valence-corrected chi connectivity index (χ1v) is 5.83. The molecule has 2 aromatic rings. The number of halogens is 2. The van der Waals surface area contributed by atoms with Crippen molar-refractivity contribution in [1.29, 1.82) is 0 Å². The molecule has 1 amide bonds. The van der Waals surface area contributed by atoms with Crippen LogP contribution in [0.4, 0.5) is 15.8 Å². The average molecular weight is 310 g/mol. The number of benzene rings is 1. The summed E-state index contributed by atoms with van der Waals surface area (Å²) in [5.41, 5.74) is 6.19. The SMILES string of the molecule is Nc1ccc(C(=O)Nc2ccc(Br)cc2F)nc1. The van der Waals surface area contributed by atoms with E-state index < -0.39 is 11.7 Å². The van der Waals surface area contributed by atoms with Crippen LogP contribution < -0.4 is 11.1 Å². The first-order valence-electron chi connectivity index (χ1n) is 5.04. The fraction of sp³-hybridized carbons (Fsp3) is 0. The van der Waals surface area contributed by atoms with Crippen molar-refractivity contribution in [1.82, 2.24) is 4.98 Å². The van der Waals surface area contributed by atoms with Gasteiger partial charge in [-0.05, 0) is 30.3 Å². The van der Waals surface area contributed by atoms with Gasteiger partial charge < -0.3 is 11.1 Å². The fourth-order valence-electron chi connectivity index (χ4n) is 1.32. The van der Waals surface area contributed by atoms with Crippen molar-refractivity contribution in [2.75, 3.05) is 11.1 Å². The van der Waals surface area contributed by atoms with Crippen LogP contribution in [0, 0.1) is 5.82 Å². The van der Waals surface area contributed by atoms with E-state index in [1.165, 1.54) is 24.4 Å². The Kier molecular flexibility index (Phi) is 3.57. The van der Waals surface area contributed by atoms with Gasteiger partial charge >= 0.3 is 0 Å². The molecule has 0 aliphatic carbocycles. The minimum Gasteiger partial charge on any atom is -0.397 e. The Bertz CT molecular complexity index is 586. The highest BCUT2D eigenvalue weighted by atomic mass is 79.9. The molecule has 0 spiro atoms. The Morgan fingerprint density at radius 3 is 2.72 bits per heavy atom. The van der Waals surface area contributed by atoms with Crippen LogP contribution in [0.5, 0.6) is 0 Å². The van der Waals surface area contributed by atoms with E-state index in [9.17, 15) is 9.18 Å². The zero-order valence-corrected chi connectivity index (χ0v) is 10.7. The van der Waals surface area contributed by atoms with Crippen molar-refractivity contribution in [3.05, 3.63) is 52.5 Å². The van der Waals surface area contributed by atoms with E-state index >= 15 is 0 Å². The summed E-state index contributed by atoms with van der Waals surface area (Å²) in [5.74, 6) is -1.01. The number of nitrogen functional groups attached to an aromatic ring is 1. The molecule has 0 unspecified atom stereocenters. The summed E-state index contributed by atoms with van der Waals surface area (Å²) in [6, 6.07) is 7.40. The molecule has 0 saturated carbocycles. The van der Waals surface area contributed by atoms with E-state index in [1.54, 1.807) is 12.1 Å². The van der Waals surface area contributed by atoms with Crippen LogP contribution in [0.1, 0.15) is 10.5 Å². The van der Waals surface area contributed by atoms with Crippen LogP contribution in [0.15, 0.2) is 41.0 Å². The van der Waals surface area contributed by atoms with Gasteiger partial charge in [0, 0.05) is 4.47 Å². The van der Waals surface area contributed by atoms with E-state index in [0.29, 0.717) is 10.2 Å². The molecule has 92 valence electrons. The summed E-state index contributed by atoms with van der Waals surface area (Å²) in [7, 11) is 0. The normalized spacial score (nSPS) is 10.1. The first kappa shape index (κ1) is 12.5. The Labute approximate surface area is 111 Å². The van der Waals surface area contributed by atoms with Crippen LogP contribution in [-0.2, 0) is 0 Å². The van der Waals surface area contributed by atoms with E-state index in [2.05, 4.69) is 26.2 Å². The lowest BCUT2D eigenvalue weighted by atomic mass is 10.2. The molecule has 6 heteroatoms. The summed E-state index contributed by atoms with van der Waals surface area (Å²) >= 11 is 3.14. The molecule has 0 radical (unpaired) electrons. The predicted octanol–water partition coefficient (Wildman–Crippen LogP) is 2.82. The average Bonchev–Trinajstić information content (AvgIpc) is 2.33. The molecule has 2 rings (SSSR count). The third-order valence-corrected chi connectivity index (χ3v) is 2.69. The largest absolute Gasteiger partial charge is 0.397 e. The molecule has 0 saturated heterocycles. The molecule has 0 fully saturated rings. The number of nitrogens with one attached hydrogen (secondary N) is 1. The van der Waals surface area contributed by atoms with E-state index in [4.69, 9.17) is 5.73 Å². The number of carbonyl (C=O) groups excluding carboxylic acids is 1. The maximum atomic E-state index is 13.5. The van der Waals surface area contributed by atoms with Gasteiger partial charge in [-0.3, -0.25) is 4.79 Å². The summed E-state index contributed by atoms with van der Waals surface area (Å²) < 4.78 is 14.1. The van der Waals surface area contributed by atoms with Crippen molar-refractivity contribution in [2.24, 2.45) is 0 Å². The Balaban J connectivity index is 2.18. The third-order valence-electron chi connectivity index (χ3n) is 2.20. The van der Waals surface area contributed by atoms with Gasteiger partial charge in [0.05, 0.1) is 17.6 Å². The quantitative estimate of drug-likeness (QED) is 0.896. The Morgan fingerprint density at radius 2 is 2.11 bits per heavy atom. The third kappa shape index (κ3) is 2.84. The number of hydrogen-bond acceptors (Lipinski definition) is 3. The molecule has 4 nitrogen and oxygen atoms in total. The molecule has 1 heterocycles. The minimum atomic E-state index is -0.520. The second kappa shape index (κ2) is 5.14. The maximum absolute atomic E-state index is 13.5. The molecular formula is C12H9BrFN3O. The number of amides is 1. The van der Waals surface area contributed by atoms with Gasteiger partial charge in [0.25, 0.3) is 5.91 Å². The van der Waals surface area contributed by atoms with Crippen LogP contribution in [0.3, 0.4) is 0 Å². The van der Waals surface area contributed by atoms with Crippen molar-refractivity contribution >= 4 is 33.2 Å². The Morgan fingerprint density at radius 1 is 1.33 bits per heavy atom. The number of anilines is 2. The first-order chi connectivity index (χ1) is 8.56. The van der Waals surface area contributed by atoms with Crippen LogP contribution in [-0.4, -0.2) is 10.9 Å². The number of nitrogens with zero attached hydrogens (tertiary/aromatic N) is 1. The van der Waals surface area contributed by atoms with Crippen LogP contribution in [0.2, 0.25) is 0 Å². The maximum Gasteiger partial charge on any atom is 0.274 e. The predicted molar refractivity (Wildman–Crippen MR) is 70.7 cm³/mol. The Hall–Kier alpha value is -1.95. The second-order valence-electron chi connectivity index (χ2n) is 3.56. The molecule has 0 atom stereocenters. The lowest BCUT2D eigenvalue weighted by Crippen LogP contribution is -2.14. The highest BCUT2D eigenvalue weighted by Gasteiger charge is 2.10. The van der Waals surface area contributed by atoms with Crippen molar-refractivity contribution < 1.29 is 9.18 Å². The van der Waals surface area contributed by atoms with Gasteiger partial charge in [-0.15, -0.1) is 0 Å². The highest BCUT2D eigenvalue weighted by Crippen LogP contribution is 2.19. The number of rotatable bonds is 2.